The third kappa shape index (κ3) is 6.39. The molecule has 3 rings (SSSR count). The molecule has 0 bridgehead atoms. The molecule has 0 radical (unpaired) electrons. The van der Waals surface area contributed by atoms with E-state index in [0.717, 1.165) is 28.9 Å². The molecule has 33 heavy (non-hydrogen) atoms. The number of hydrogen-bond donors (Lipinski definition) is 0. The standard InChI is InChI=1S/C26H29NO4S2/c1-5-13-27-25(28)23(33-26(27)32)17-20-11-12-21(22(16-20)29-6-2)30-14-8-15-31-24-18(3)9-7-10-19(24)4/h5,7,9-12,16-17H,1,6,8,13-15H2,2-4H3. The lowest BCUT2D eigenvalue weighted by atomic mass is 10.1. The third-order valence-corrected chi connectivity index (χ3v) is 6.33. The Morgan fingerprint density at radius 3 is 2.48 bits per heavy atom. The van der Waals surface area contributed by atoms with Crippen molar-refractivity contribution >= 4 is 40.3 Å². The molecule has 1 heterocycles. The fourth-order valence-corrected chi connectivity index (χ4v) is 4.66. The lowest BCUT2D eigenvalue weighted by Gasteiger charge is -2.14. The van der Waals surface area contributed by atoms with Crippen LogP contribution in [0.25, 0.3) is 6.08 Å². The van der Waals surface area contributed by atoms with Crippen LogP contribution in [-0.4, -0.2) is 41.5 Å². The van der Waals surface area contributed by atoms with E-state index in [0.29, 0.717) is 47.1 Å². The van der Waals surface area contributed by atoms with Crippen molar-refractivity contribution in [2.75, 3.05) is 26.4 Å². The second kappa shape index (κ2) is 11.9. The Hall–Kier alpha value is -2.77. The molecule has 1 aliphatic heterocycles. The molecule has 1 fully saturated rings. The second-order valence-corrected chi connectivity index (χ2v) is 9.17. The first-order valence-corrected chi connectivity index (χ1v) is 12.1. The molecular weight excluding hydrogens is 454 g/mol. The van der Waals surface area contributed by atoms with Crippen LogP contribution in [0.15, 0.2) is 54.0 Å². The van der Waals surface area contributed by atoms with Crippen molar-refractivity contribution in [3.05, 3.63) is 70.6 Å². The van der Waals surface area contributed by atoms with E-state index in [1.54, 1.807) is 11.0 Å². The average molecular weight is 484 g/mol. The maximum Gasteiger partial charge on any atom is 0.266 e. The molecule has 7 heteroatoms. The Kier molecular flexibility index (Phi) is 8.97. The van der Waals surface area contributed by atoms with Gasteiger partial charge in [0.25, 0.3) is 5.91 Å². The van der Waals surface area contributed by atoms with Crippen LogP contribution in [-0.2, 0) is 4.79 Å². The van der Waals surface area contributed by atoms with Gasteiger partial charge in [0.15, 0.2) is 11.5 Å². The van der Waals surface area contributed by atoms with Gasteiger partial charge in [-0.3, -0.25) is 9.69 Å². The number of thiocarbonyl (C=S) groups is 1. The summed E-state index contributed by atoms with van der Waals surface area (Å²) in [4.78, 5) is 14.7. The zero-order valence-corrected chi connectivity index (χ0v) is 20.9. The summed E-state index contributed by atoms with van der Waals surface area (Å²) in [6, 6.07) is 11.8. The molecule has 0 atom stereocenters. The summed E-state index contributed by atoms with van der Waals surface area (Å²) in [5, 5.41) is 0. The van der Waals surface area contributed by atoms with Gasteiger partial charge in [0.2, 0.25) is 0 Å². The Morgan fingerprint density at radius 2 is 1.79 bits per heavy atom. The van der Waals surface area contributed by atoms with E-state index in [1.165, 1.54) is 11.8 Å². The van der Waals surface area contributed by atoms with Gasteiger partial charge in [0.05, 0.1) is 24.7 Å². The van der Waals surface area contributed by atoms with Crippen LogP contribution in [0.4, 0.5) is 0 Å². The summed E-state index contributed by atoms with van der Waals surface area (Å²) in [6.45, 7) is 11.7. The van der Waals surface area contributed by atoms with Crippen LogP contribution in [0.3, 0.4) is 0 Å². The van der Waals surface area contributed by atoms with Crippen molar-refractivity contribution in [2.45, 2.75) is 27.2 Å². The van der Waals surface area contributed by atoms with Crippen molar-refractivity contribution < 1.29 is 19.0 Å². The van der Waals surface area contributed by atoms with E-state index in [9.17, 15) is 4.79 Å². The highest BCUT2D eigenvalue weighted by Crippen LogP contribution is 2.35. The fraction of sp³-hybridized carbons (Fsp3) is 0.308. The first-order valence-electron chi connectivity index (χ1n) is 10.9. The molecule has 1 amide bonds. The van der Waals surface area contributed by atoms with Gasteiger partial charge in [-0.05, 0) is 55.7 Å². The number of ether oxygens (including phenoxy) is 3. The van der Waals surface area contributed by atoms with Crippen molar-refractivity contribution in [1.82, 2.24) is 4.90 Å². The van der Waals surface area contributed by atoms with Gasteiger partial charge in [-0.2, -0.15) is 0 Å². The van der Waals surface area contributed by atoms with Crippen LogP contribution in [0, 0.1) is 13.8 Å². The molecule has 5 nitrogen and oxygen atoms in total. The lowest BCUT2D eigenvalue weighted by Crippen LogP contribution is -2.27. The summed E-state index contributed by atoms with van der Waals surface area (Å²) >= 11 is 6.60. The third-order valence-electron chi connectivity index (χ3n) is 4.95. The molecule has 2 aromatic rings. The van der Waals surface area contributed by atoms with E-state index in [-0.39, 0.29) is 5.91 Å². The Morgan fingerprint density at radius 1 is 1.06 bits per heavy atom. The number of carbonyl (C=O) groups excluding carboxylic acids is 1. The topological polar surface area (TPSA) is 48.0 Å². The average Bonchev–Trinajstić information content (AvgIpc) is 3.04. The number of carbonyl (C=O) groups is 1. The number of rotatable bonds is 11. The highest BCUT2D eigenvalue weighted by atomic mass is 32.2. The fourth-order valence-electron chi connectivity index (χ4n) is 3.38. The highest BCUT2D eigenvalue weighted by molar-refractivity contribution is 8.26. The van der Waals surface area contributed by atoms with E-state index < -0.39 is 0 Å². The van der Waals surface area contributed by atoms with E-state index in [4.69, 9.17) is 26.4 Å². The molecule has 0 unspecified atom stereocenters. The minimum Gasteiger partial charge on any atom is -0.493 e. The van der Waals surface area contributed by atoms with Gasteiger partial charge in [0, 0.05) is 13.0 Å². The maximum atomic E-state index is 12.6. The number of nitrogens with zero attached hydrogens (tertiary/aromatic N) is 1. The quantitative estimate of drug-likeness (QED) is 0.171. The zero-order chi connectivity index (χ0) is 23.8. The van der Waals surface area contributed by atoms with Gasteiger partial charge in [-0.25, -0.2) is 0 Å². The first kappa shape index (κ1) is 24.9. The predicted molar refractivity (Wildman–Crippen MR) is 139 cm³/mol. The summed E-state index contributed by atoms with van der Waals surface area (Å²) < 4.78 is 18.2. The minimum atomic E-state index is -0.105. The van der Waals surface area contributed by atoms with Crippen molar-refractivity contribution in [2.24, 2.45) is 0 Å². The summed E-state index contributed by atoms with van der Waals surface area (Å²) in [5.41, 5.74) is 3.11. The molecule has 1 saturated heterocycles. The summed E-state index contributed by atoms with van der Waals surface area (Å²) in [6.07, 6.45) is 4.24. The van der Waals surface area contributed by atoms with Crippen LogP contribution in [0.1, 0.15) is 30.0 Å². The number of hydrogen-bond acceptors (Lipinski definition) is 6. The monoisotopic (exact) mass is 483 g/mol. The van der Waals surface area contributed by atoms with Gasteiger partial charge in [-0.1, -0.05) is 54.3 Å². The number of para-hydroxylation sites is 1. The maximum absolute atomic E-state index is 12.6. The predicted octanol–water partition coefficient (Wildman–Crippen LogP) is 5.94. The van der Waals surface area contributed by atoms with Gasteiger partial charge < -0.3 is 14.2 Å². The van der Waals surface area contributed by atoms with E-state index >= 15 is 0 Å². The number of benzene rings is 2. The number of aryl methyl sites for hydroxylation is 2. The first-order chi connectivity index (χ1) is 15.9. The van der Waals surface area contributed by atoms with Crippen molar-refractivity contribution in [3.63, 3.8) is 0 Å². The molecule has 0 aliphatic carbocycles. The number of amides is 1. The molecule has 174 valence electrons. The van der Waals surface area contributed by atoms with Crippen molar-refractivity contribution in [1.29, 1.82) is 0 Å². The van der Waals surface area contributed by atoms with E-state index in [1.807, 2.05) is 63.2 Å². The summed E-state index contributed by atoms with van der Waals surface area (Å²) in [5.74, 6) is 2.14. The highest BCUT2D eigenvalue weighted by Gasteiger charge is 2.31. The second-order valence-electron chi connectivity index (χ2n) is 7.49. The molecule has 2 aromatic carbocycles. The number of thioether (sulfide) groups is 1. The molecule has 1 aliphatic rings. The van der Waals surface area contributed by atoms with Gasteiger partial charge in [-0.15, -0.1) is 6.58 Å². The molecule has 0 saturated carbocycles. The molecule has 0 spiro atoms. The Bertz CT molecular complexity index is 1040. The minimum absolute atomic E-state index is 0.105. The smallest absolute Gasteiger partial charge is 0.266 e. The largest absolute Gasteiger partial charge is 0.493 e. The normalized spacial score (nSPS) is 14.6. The van der Waals surface area contributed by atoms with Crippen LogP contribution >= 0.6 is 24.0 Å². The zero-order valence-electron chi connectivity index (χ0n) is 19.3. The van der Waals surface area contributed by atoms with Gasteiger partial charge in [0.1, 0.15) is 10.1 Å². The van der Waals surface area contributed by atoms with E-state index in [2.05, 4.69) is 6.58 Å². The molecular formula is C26H29NO4S2. The molecule has 0 aromatic heterocycles. The van der Waals surface area contributed by atoms with Crippen LogP contribution in [0.2, 0.25) is 0 Å². The van der Waals surface area contributed by atoms with Crippen LogP contribution < -0.4 is 14.2 Å². The van der Waals surface area contributed by atoms with Gasteiger partial charge >= 0.3 is 0 Å². The SMILES string of the molecule is C=CCN1C(=O)C(=Cc2ccc(OCCCOc3c(C)cccc3C)c(OCC)c2)SC1=S. The lowest BCUT2D eigenvalue weighted by molar-refractivity contribution is -0.121. The Labute approximate surface area is 205 Å². The van der Waals surface area contributed by atoms with Crippen LogP contribution in [0.5, 0.6) is 17.2 Å². The summed E-state index contributed by atoms with van der Waals surface area (Å²) in [7, 11) is 0. The molecule has 0 N–H and O–H groups in total. The van der Waals surface area contributed by atoms with Crippen molar-refractivity contribution in [3.8, 4) is 17.2 Å². The Balaban J connectivity index is 1.61.